The van der Waals surface area contributed by atoms with Crippen LogP contribution in [0.25, 0.3) is 5.52 Å². The average molecular weight is 204 g/mol. The number of hydrogen-bond donors (Lipinski definition) is 1. The lowest BCUT2D eigenvalue weighted by atomic mass is 10.3. The Balaban J connectivity index is 2.63. The number of fused-ring (bicyclic) bond motifs is 1. The highest BCUT2D eigenvalue weighted by atomic mass is 15.2. The molecule has 0 aromatic carbocycles. The number of pyridine rings is 1. The van der Waals surface area contributed by atoms with E-state index in [9.17, 15) is 0 Å². The maximum atomic E-state index is 5.57. The summed E-state index contributed by atoms with van der Waals surface area (Å²) >= 11 is 0. The van der Waals surface area contributed by atoms with Crippen molar-refractivity contribution in [3.05, 3.63) is 30.2 Å². The van der Waals surface area contributed by atoms with Crippen LogP contribution in [-0.2, 0) is 6.42 Å². The van der Waals surface area contributed by atoms with Gasteiger partial charge in [-0.15, -0.1) is 0 Å². The van der Waals surface area contributed by atoms with Gasteiger partial charge < -0.3 is 10.6 Å². The highest BCUT2D eigenvalue weighted by Crippen LogP contribution is 2.17. The Bertz CT molecular complexity index is 459. The first-order chi connectivity index (χ1) is 7.24. The van der Waals surface area contributed by atoms with Crippen molar-refractivity contribution in [1.29, 1.82) is 0 Å². The number of aromatic nitrogens is 2. The number of nitrogens with zero attached hydrogens (tertiary/aromatic N) is 3. The second-order valence-electron chi connectivity index (χ2n) is 3.75. The van der Waals surface area contributed by atoms with E-state index in [2.05, 4.69) is 26.4 Å². The Morgan fingerprint density at radius 2 is 2.20 bits per heavy atom. The molecule has 0 saturated heterocycles. The van der Waals surface area contributed by atoms with Gasteiger partial charge in [0, 0.05) is 20.5 Å². The molecule has 0 saturated carbocycles. The minimum atomic E-state index is 0.626. The molecule has 2 aromatic rings. The Morgan fingerprint density at radius 3 is 2.87 bits per heavy atom. The van der Waals surface area contributed by atoms with Gasteiger partial charge in [-0.05, 0) is 18.7 Å². The Kier molecular flexibility index (Phi) is 2.60. The van der Waals surface area contributed by atoms with Crippen LogP contribution in [0, 0.1) is 0 Å². The van der Waals surface area contributed by atoms with Crippen molar-refractivity contribution >= 4 is 11.3 Å². The average Bonchev–Trinajstić information content (AvgIpc) is 2.62. The molecular weight excluding hydrogens is 188 g/mol. The second kappa shape index (κ2) is 3.90. The first-order valence-electron chi connectivity index (χ1n) is 5.07. The molecule has 0 atom stereocenters. The molecule has 4 heteroatoms. The number of nitrogens with two attached hydrogens (primary N) is 1. The number of anilines is 1. The molecule has 2 N–H and O–H groups in total. The van der Waals surface area contributed by atoms with Gasteiger partial charge in [0.1, 0.15) is 11.6 Å². The Hall–Kier alpha value is -1.55. The molecule has 0 amide bonds. The van der Waals surface area contributed by atoms with Crippen molar-refractivity contribution in [2.45, 2.75) is 6.42 Å². The third-order valence-corrected chi connectivity index (χ3v) is 2.43. The SMILES string of the molecule is CN(C)c1cccc2cnc(CCN)n12. The lowest BCUT2D eigenvalue weighted by Gasteiger charge is -2.16. The minimum absolute atomic E-state index is 0.626. The van der Waals surface area contributed by atoms with Gasteiger partial charge in [0.15, 0.2) is 0 Å². The zero-order chi connectivity index (χ0) is 10.8. The number of imidazole rings is 1. The highest BCUT2D eigenvalue weighted by Gasteiger charge is 2.07. The second-order valence-corrected chi connectivity index (χ2v) is 3.75. The molecule has 0 aliphatic heterocycles. The van der Waals surface area contributed by atoms with Crippen LogP contribution >= 0.6 is 0 Å². The highest BCUT2D eigenvalue weighted by molar-refractivity contribution is 5.55. The molecule has 0 aliphatic carbocycles. The topological polar surface area (TPSA) is 46.6 Å². The van der Waals surface area contributed by atoms with Crippen molar-refractivity contribution in [3.8, 4) is 0 Å². The van der Waals surface area contributed by atoms with Gasteiger partial charge in [-0.25, -0.2) is 4.98 Å². The van der Waals surface area contributed by atoms with E-state index in [0.29, 0.717) is 6.54 Å². The minimum Gasteiger partial charge on any atom is -0.364 e. The van der Waals surface area contributed by atoms with Crippen LogP contribution in [0.2, 0.25) is 0 Å². The van der Waals surface area contributed by atoms with Crippen molar-refractivity contribution in [2.75, 3.05) is 25.5 Å². The quantitative estimate of drug-likeness (QED) is 0.808. The van der Waals surface area contributed by atoms with Gasteiger partial charge in [0.25, 0.3) is 0 Å². The van der Waals surface area contributed by atoms with Gasteiger partial charge in [-0.1, -0.05) is 6.07 Å². The molecule has 2 heterocycles. The molecule has 0 fully saturated rings. The van der Waals surface area contributed by atoms with Crippen LogP contribution in [0.3, 0.4) is 0 Å². The fourth-order valence-corrected chi connectivity index (χ4v) is 1.75. The summed E-state index contributed by atoms with van der Waals surface area (Å²) in [4.78, 5) is 6.46. The van der Waals surface area contributed by atoms with Crippen LogP contribution in [0.1, 0.15) is 5.82 Å². The molecule has 80 valence electrons. The van der Waals surface area contributed by atoms with Crippen LogP contribution in [0.4, 0.5) is 5.82 Å². The lowest BCUT2D eigenvalue weighted by molar-refractivity contribution is 0.853. The smallest absolute Gasteiger partial charge is 0.116 e. The predicted molar refractivity (Wildman–Crippen MR) is 62.3 cm³/mol. The van der Waals surface area contributed by atoms with E-state index in [1.165, 1.54) is 0 Å². The van der Waals surface area contributed by atoms with E-state index in [1.54, 1.807) is 0 Å². The summed E-state index contributed by atoms with van der Waals surface area (Å²) < 4.78 is 2.15. The summed E-state index contributed by atoms with van der Waals surface area (Å²) in [5.74, 6) is 2.16. The zero-order valence-corrected chi connectivity index (χ0v) is 9.14. The van der Waals surface area contributed by atoms with Crippen LogP contribution < -0.4 is 10.6 Å². The third kappa shape index (κ3) is 1.68. The third-order valence-electron chi connectivity index (χ3n) is 2.43. The molecule has 0 aliphatic rings. The molecule has 0 radical (unpaired) electrons. The van der Waals surface area contributed by atoms with E-state index >= 15 is 0 Å². The number of hydrogen-bond acceptors (Lipinski definition) is 3. The fourth-order valence-electron chi connectivity index (χ4n) is 1.75. The van der Waals surface area contributed by atoms with Crippen molar-refractivity contribution in [2.24, 2.45) is 5.73 Å². The standard InChI is InChI=1S/C11H16N4/c1-14(2)11-5-3-4-9-8-13-10(6-7-12)15(9)11/h3-5,8H,6-7,12H2,1-2H3. The summed E-state index contributed by atoms with van der Waals surface area (Å²) in [5.41, 5.74) is 6.69. The maximum Gasteiger partial charge on any atom is 0.116 e. The van der Waals surface area contributed by atoms with Gasteiger partial charge in [-0.2, -0.15) is 0 Å². The molecule has 2 aromatic heterocycles. The fraction of sp³-hybridized carbons (Fsp3) is 0.364. The summed E-state index contributed by atoms with van der Waals surface area (Å²) in [7, 11) is 4.06. The normalized spacial score (nSPS) is 10.9. The Labute approximate surface area is 89.3 Å². The summed E-state index contributed by atoms with van der Waals surface area (Å²) in [6.07, 6.45) is 2.69. The molecule has 0 bridgehead atoms. The van der Waals surface area contributed by atoms with Gasteiger partial charge in [0.2, 0.25) is 0 Å². The van der Waals surface area contributed by atoms with Crippen molar-refractivity contribution in [1.82, 2.24) is 9.38 Å². The van der Waals surface area contributed by atoms with E-state index in [0.717, 1.165) is 23.6 Å². The van der Waals surface area contributed by atoms with Gasteiger partial charge in [-0.3, -0.25) is 4.40 Å². The zero-order valence-electron chi connectivity index (χ0n) is 9.14. The summed E-state index contributed by atoms with van der Waals surface area (Å²) in [6, 6.07) is 6.17. The molecule has 4 nitrogen and oxygen atoms in total. The van der Waals surface area contributed by atoms with Gasteiger partial charge in [0.05, 0.1) is 11.7 Å². The van der Waals surface area contributed by atoms with Crippen LogP contribution in [0.15, 0.2) is 24.4 Å². The maximum absolute atomic E-state index is 5.57. The molecule has 0 spiro atoms. The summed E-state index contributed by atoms with van der Waals surface area (Å²) in [5, 5.41) is 0. The first-order valence-corrected chi connectivity index (χ1v) is 5.07. The first kappa shape index (κ1) is 9.98. The van der Waals surface area contributed by atoms with Crippen molar-refractivity contribution in [3.63, 3.8) is 0 Å². The van der Waals surface area contributed by atoms with E-state index < -0.39 is 0 Å². The molecule has 2 rings (SSSR count). The largest absolute Gasteiger partial charge is 0.364 e. The van der Waals surface area contributed by atoms with E-state index in [1.807, 2.05) is 26.4 Å². The number of rotatable bonds is 3. The lowest BCUT2D eigenvalue weighted by Crippen LogP contribution is -2.15. The van der Waals surface area contributed by atoms with Crippen LogP contribution in [-0.4, -0.2) is 30.0 Å². The predicted octanol–water partition coefficient (Wildman–Crippen LogP) is 0.901. The van der Waals surface area contributed by atoms with Gasteiger partial charge >= 0.3 is 0 Å². The molecule has 0 unspecified atom stereocenters. The Morgan fingerprint density at radius 1 is 1.40 bits per heavy atom. The molecule has 15 heavy (non-hydrogen) atoms. The van der Waals surface area contributed by atoms with Crippen LogP contribution in [0.5, 0.6) is 0 Å². The van der Waals surface area contributed by atoms with E-state index in [4.69, 9.17) is 5.73 Å². The molecular formula is C11H16N4. The van der Waals surface area contributed by atoms with E-state index in [-0.39, 0.29) is 0 Å². The van der Waals surface area contributed by atoms with Crippen molar-refractivity contribution < 1.29 is 0 Å². The monoisotopic (exact) mass is 204 g/mol. The summed E-state index contributed by atoms with van der Waals surface area (Å²) in [6.45, 7) is 0.626.